The zero-order chi connectivity index (χ0) is 20.1. The van der Waals surface area contributed by atoms with Crippen LogP contribution < -0.4 is 10.7 Å². The van der Waals surface area contributed by atoms with Crippen molar-refractivity contribution >= 4 is 34.5 Å². The van der Waals surface area contributed by atoms with E-state index in [1.165, 1.54) is 6.21 Å². The molecule has 0 aliphatic heterocycles. The van der Waals surface area contributed by atoms with Gasteiger partial charge in [0.2, 0.25) is 5.91 Å². The van der Waals surface area contributed by atoms with Gasteiger partial charge in [-0.1, -0.05) is 44.2 Å². The van der Waals surface area contributed by atoms with Gasteiger partial charge in [-0.3, -0.25) is 9.59 Å². The molecule has 3 aromatic carbocycles. The van der Waals surface area contributed by atoms with E-state index in [1.54, 1.807) is 30.3 Å². The molecular formula is C22H21N3O3. The normalized spacial score (nSPS) is 11.1. The minimum absolute atomic E-state index is 0.0851. The fourth-order valence-electron chi connectivity index (χ4n) is 2.63. The summed E-state index contributed by atoms with van der Waals surface area (Å²) in [6.07, 6.45) is 1.42. The molecule has 0 bridgehead atoms. The van der Waals surface area contributed by atoms with E-state index in [0.29, 0.717) is 16.8 Å². The number of phenolic OH excluding ortho intramolecular Hbond substituents is 1. The van der Waals surface area contributed by atoms with Gasteiger partial charge in [-0.05, 0) is 41.1 Å². The van der Waals surface area contributed by atoms with E-state index in [0.717, 1.165) is 10.8 Å². The van der Waals surface area contributed by atoms with Crippen LogP contribution in [-0.4, -0.2) is 23.1 Å². The van der Waals surface area contributed by atoms with E-state index >= 15 is 0 Å². The van der Waals surface area contributed by atoms with Gasteiger partial charge in [0.25, 0.3) is 5.91 Å². The van der Waals surface area contributed by atoms with Gasteiger partial charge in [0.05, 0.1) is 6.21 Å². The minimum Gasteiger partial charge on any atom is -0.507 e. The fourth-order valence-corrected chi connectivity index (χ4v) is 2.63. The predicted molar refractivity (Wildman–Crippen MR) is 111 cm³/mol. The molecule has 0 aromatic heterocycles. The number of rotatable bonds is 5. The van der Waals surface area contributed by atoms with Crippen LogP contribution in [0.15, 0.2) is 65.8 Å². The summed E-state index contributed by atoms with van der Waals surface area (Å²) >= 11 is 0. The summed E-state index contributed by atoms with van der Waals surface area (Å²) in [5.41, 5.74) is 4.01. The van der Waals surface area contributed by atoms with Crippen LogP contribution in [0.3, 0.4) is 0 Å². The molecule has 0 saturated heterocycles. The lowest BCUT2D eigenvalue weighted by atomic mass is 10.0. The first-order valence-electron chi connectivity index (χ1n) is 8.91. The molecule has 0 heterocycles. The molecule has 3 rings (SSSR count). The summed E-state index contributed by atoms with van der Waals surface area (Å²) in [6, 6.07) is 17.5. The smallest absolute Gasteiger partial charge is 0.271 e. The molecule has 0 radical (unpaired) electrons. The predicted octanol–water partition coefficient (Wildman–Crippen LogP) is 3.90. The molecule has 0 atom stereocenters. The van der Waals surface area contributed by atoms with Crippen molar-refractivity contribution in [2.24, 2.45) is 11.0 Å². The number of nitrogens with zero attached hydrogens (tertiary/aromatic N) is 1. The van der Waals surface area contributed by atoms with Gasteiger partial charge in [-0.15, -0.1) is 0 Å². The van der Waals surface area contributed by atoms with Crippen LogP contribution in [0.5, 0.6) is 5.75 Å². The average molecular weight is 375 g/mol. The Morgan fingerprint density at radius 2 is 1.71 bits per heavy atom. The first-order chi connectivity index (χ1) is 13.5. The Hall–Kier alpha value is -3.67. The van der Waals surface area contributed by atoms with E-state index in [-0.39, 0.29) is 17.6 Å². The number of hydrogen-bond donors (Lipinski definition) is 3. The molecule has 3 aromatic rings. The van der Waals surface area contributed by atoms with Crippen molar-refractivity contribution in [3.05, 3.63) is 71.8 Å². The number of aromatic hydroxyl groups is 1. The number of hydrazone groups is 1. The third-order valence-corrected chi connectivity index (χ3v) is 4.25. The molecule has 0 saturated carbocycles. The van der Waals surface area contributed by atoms with Gasteiger partial charge in [-0.2, -0.15) is 5.10 Å². The number of benzene rings is 3. The van der Waals surface area contributed by atoms with Crippen molar-refractivity contribution in [2.45, 2.75) is 13.8 Å². The molecule has 6 nitrogen and oxygen atoms in total. The number of carbonyl (C=O) groups excluding carboxylic acids is 2. The monoisotopic (exact) mass is 375 g/mol. The molecule has 3 N–H and O–H groups in total. The van der Waals surface area contributed by atoms with Crippen molar-refractivity contribution in [1.82, 2.24) is 5.43 Å². The maximum Gasteiger partial charge on any atom is 0.271 e. The van der Waals surface area contributed by atoms with Crippen molar-refractivity contribution < 1.29 is 14.7 Å². The van der Waals surface area contributed by atoms with E-state index in [2.05, 4.69) is 15.8 Å². The van der Waals surface area contributed by atoms with Gasteiger partial charge in [0, 0.05) is 22.7 Å². The summed E-state index contributed by atoms with van der Waals surface area (Å²) in [7, 11) is 0. The second kappa shape index (κ2) is 8.35. The van der Waals surface area contributed by atoms with E-state index < -0.39 is 5.91 Å². The third kappa shape index (κ3) is 4.35. The van der Waals surface area contributed by atoms with Crippen LogP contribution in [0.4, 0.5) is 5.69 Å². The SMILES string of the molecule is CC(C)C(=O)Nc1ccc(C(=O)NN=Cc2c(O)ccc3ccccc23)cc1. The third-order valence-electron chi connectivity index (χ3n) is 4.25. The Morgan fingerprint density at radius 3 is 2.43 bits per heavy atom. The van der Waals surface area contributed by atoms with Gasteiger partial charge in [-0.25, -0.2) is 5.43 Å². The number of phenols is 1. The molecular weight excluding hydrogens is 354 g/mol. The Labute approximate surface area is 162 Å². The summed E-state index contributed by atoms with van der Waals surface area (Å²) in [6.45, 7) is 3.62. The van der Waals surface area contributed by atoms with Gasteiger partial charge < -0.3 is 10.4 Å². The highest BCUT2D eigenvalue weighted by Crippen LogP contribution is 2.25. The lowest BCUT2D eigenvalue weighted by molar-refractivity contribution is -0.118. The van der Waals surface area contributed by atoms with Crippen molar-refractivity contribution in [1.29, 1.82) is 0 Å². The van der Waals surface area contributed by atoms with Crippen molar-refractivity contribution in [3.8, 4) is 5.75 Å². The Bertz CT molecular complexity index is 1040. The Kier molecular flexibility index (Phi) is 5.69. The van der Waals surface area contributed by atoms with Crippen LogP contribution in [0, 0.1) is 5.92 Å². The maximum atomic E-state index is 12.3. The van der Waals surface area contributed by atoms with Crippen molar-refractivity contribution in [3.63, 3.8) is 0 Å². The molecule has 0 unspecified atom stereocenters. The summed E-state index contributed by atoms with van der Waals surface area (Å²) in [5.74, 6) is -0.515. The van der Waals surface area contributed by atoms with Crippen LogP contribution in [0.1, 0.15) is 29.8 Å². The van der Waals surface area contributed by atoms with Crippen LogP contribution in [0.25, 0.3) is 10.8 Å². The number of nitrogens with one attached hydrogen (secondary N) is 2. The van der Waals surface area contributed by atoms with Crippen LogP contribution >= 0.6 is 0 Å². The fraction of sp³-hybridized carbons (Fsp3) is 0.136. The van der Waals surface area contributed by atoms with Crippen LogP contribution in [-0.2, 0) is 4.79 Å². The highest BCUT2D eigenvalue weighted by molar-refractivity contribution is 6.03. The lowest BCUT2D eigenvalue weighted by Crippen LogP contribution is -2.19. The largest absolute Gasteiger partial charge is 0.507 e. The number of fused-ring (bicyclic) bond motifs is 1. The molecule has 142 valence electrons. The van der Waals surface area contributed by atoms with E-state index in [4.69, 9.17) is 0 Å². The lowest BCUT2D eigenvalue weighted by Gasteiger charge is -2.08. The zero-order valence-corrected chi connectivity index (χ0v) is 15.6. The standard InChI is InChI=1S/C22H21N3O3/c1-14(2)21(27)24-17-10-7-16(8-11-17)22(28)25-23-13-19-18-6-4-3-5-15(18)9-12-20(19)26/h3-14,26H,1-2H3,(H,24,27)(H,25,28). The minimum atomic E-state index is -0.391. The van der Waals surface area contributed by atoms with Gasteiger partial charge in [0.15, 0.2) is 0 Å². The zero-order valence-electron chi connectivity index (χ0n) is 15.6. The highest BCUT2D eigenvalue weighted by atomic mass is 16.3. The number of hydrogen-bond acceptors (Lipinski definition) is 4. The molecule has 0 spiro atoms. The first-order valence-corrected chi connectivity index (χ1v) is 8.91. The molecule has 6 heteroatoms. The molecule has 2 amide bonds. The Morgan fingerprint density at radius 1 is 1.00 bits per heavy atom. The van der Waals surface area contributed by atoms with Gasteiger partial charge >= 0.3 is 0 Å². The topological polar surface area (TPSA) is 90.8 Å². The second-order valence-electron chi connectivity index (χ2n) is 6.64. The highest BCUT2D eigenvalue weighted by Gasteiger charge is 2.09. The molecule has 28 heavy (non-hydrogen) atoms. The van der Waals surface area contributed by atoms with E-state index in [1.807, 2.05) is 44.2 Å². The number of anilines is 1. The summed E-state index contributed by atoms with van der Waals surface area (Å²) < 4.78 is 0. The quantitative estimate of drug-likeness (QED) is 0.466. The molecule has 0 aliphatic rings. The van der Waals surface area contributed by atoms with Crippen molar-refractivity contribution in [2.75, 3.05) is 5.32 Å². The number of carbonyl (C=O) groups is 2. The Balaban J connectivity index is 1.69. The van der Waals surface area contributed by atoms with Crippen LogP contribution in [0.2, 0.25) is 0 Å². The molecule has 0 fully saturated rings. The molecule has 0 aliphatic carbocycles. The second-order valence-corrected chi connectivity index (χ2v) is 6.64. The first kappa shape index (κ1) is 19.1. The summed E-state index contributed by atoms with van der Waals surface area (Å²) in [5, 5.41) is 18.6. The summed E-state index contributed by atoms with van der Waals surface area (Å²) in [4.78, 5) is 23.9. The number of amides is 2. The maximum absolute atomic E-state index is 12.3. The van der Waals surface area contributed by atoms with Gasteiger partial charge in [0.1, 0.15) is 5.75 Å². The van der Waals surface area contributed by atoms with E-state index in [9.17, 15) is 14.7 Å². The average Bonchev–Trinajstić information content (AvgIpc) is 2.70.